The molecule has 1 aliphatic carbocycles. The Bertz CT molecular complexity index is 875. The van der Waals surface area contributed by atoms with Crippen LogP contribution in [0.1, 0.15) is 17.0 Å². The standard InChI is InChI=1S/C18H13N3O/c19-18(22)17-14-5-2-1-4-13(14)16-12(6-3-7-15(16)17)11-8-20-10-21-9-11/h1-10,17H,(H2,19,22). The number of hydrogen-bond donors (Lipinski definition) is 1. The van der Waals surface area contributed by atoms with E-state index in [0.717, 1.165) is 33.4 Å². The highest BCUT2D eigenvalue weighted by atomic mass is 16.1. The first-order valence-corrected chi connectivity index (χ1v) is 7.04. The largest absolute Gasteiger partial charge is 0.369 e. The molecule has 1 amide bonds. The van der Waals surface area contributed by atoms with Crippen LogP contribution in [0, 0.1) is 0 Å². The number of rotatable bonds is 2. The van der Waals surface area contributed by atoms with E-state index < -0.39 is 5.92 Å². The lowest BCUT2D eigenvalue weighted by molar-refractivity contribution is -0.118. The molecule has 2 N–H and O–H groups in total. The van der Waals surface area contributed by atoms with Gasteiger partial charge < -0.3 is 5.73 Å². The van der Waals surface area contributed by atoms with E-state index in [9.17, 15) is 4.79 Å². The zero-order valence-corrected chi connectivity index (χ0v) is 11.7. The van der Waals surface area contributed by atoms with Crippen molar-refractivity contribution in [1.29, 1.82) is 0 Å². The summed E-state index contributed by atoms with van der Waals surface area (Å²) in [6.07, 6.45) is 5.07. The first kappa shape index (κ1) is 12.7. The third-order valence-electron chi connectivity index (χ3n) is 4.10. The summed E-state index contributed by atoms with van der Waals surface area (Å²) in [6.45, 7) is 0. The minimum absolute atomic E-state index is 0.326. The summed E-state index contributed by atoms with van der Waals surface area (Å²) in [6, 6.07) is 13.9. The van der Waals surface area contributed by atoms with Crippen LogP contribution in [-0.2, 0) is 4.79 Å². The SMILES string of the molecule is NC(=O)C1c2ccccc2-c2c(-c3cncnc3)cccc21. The molecule has 0 spiro atoms. The van der Waals surface area contributed by atoms with Crippen LogP contribution in [0.5, 0.6) is 0 Å². The molecule has 1 aliphatic rings. The third kappa shape index (κ3) is 1.74. The number of nitrogens with two attached hydrogens (primary N) is 1. The molecule has 106 valence electrons. The smallest absolute Gasteiger partial charge is 0.229 e. The first-order valence-electron chi connectivity index (χ1n) is 7.04. The van der Waals surface area contributed by atoms with Crippen LogP contribution in [0.4, 0.5) is 0 Å². The van der Waals surface area contributed by atoms with Crippen molar-refractivity contribution in [3.05, 3.63) is 72.3 Å². The molecule has 0 saturated heterocycles. The molecule has 4 nitrogen and oxygen atoms in total. The van der Waals surface area contributed by atoms with Crippen LogP contribution in [0.15, 0.2) is 61.2 Å². The normalized spacial score (nSPS) is 15.2. The summed E-state index contributed by atoms with van der Waals surface area (Å²) in [5, 5.41) is 0. The van der Waals surface area contributed by atoms with Crippen molar-refractivity contribution in [2.45, 2.75) is 5.92 Å². The molecule has 4 rings (SSSR count). The van der Waals surface area contributed by atoms with E-state index in [0.29, 0.717) is 0 Å². The second-order valence-corrected chi connectivity index (χ2v) is 5.32. The molecular weight excluding hydrogens is 274 g/mol. The van der Waals surface area contributed by atoms with Crippen molar-refractivity contribution in [3.8, 4) is 22.3 Å². The molecule has 0 fully saturated rings. The van der Waals surface area contributed by atoms with Crippen molar-refractivity contribution in [2.24, 2.45) is 5.73 Å². The van der Waals surface area contributed by atoms with E-state index in [1.165, 1.54) is 6.33 Å². The van der Waals surface area contributed by atoms with Crippen LogP contribution in [0.2, 0.25) is 0 Å². The maximum absolute atomic E-state index is 12.0. The third-order valence-corrected chi connectivity index (χ3v) is 4.10. The highest BCUT2D eigenvalue weighted by Crippen LogP contribution is 2.48. The van der Waals surface area contributed by atoms with Gasteiger partial charge in [-0.1, -0.05) is 42.5 Å². The molecule has 1 aromatic heterocycles. The summed E-state index contributed by atoms with van der Waals surface area (Å²) in [7, 11) is 0. The summed E-state index contributed by atoms with van der Waals surface area (Å²) in [4.78, 5) is 20.2. The average Bonchev–Trinajstić information content (AvgIpc) is 2.90. The highest BCUT2D eigenvalue weighted by molar-refractivity contribution is 5.99. The number of primary amides is 1. The van der Waals surface area contributed by atoms with Gasteiger partial charge in [0.15, 0.2) is 0 Å². The Labute approximate surface area is 127 Å². The fraction of sp³-hybridized carbons (Fsp3) is 0.0556. The van der Waals surface area contributed by atoms with E-state index in [1.807, 2.05) is 42.5 Å². The van der Waals surface area contributed by atoms with Crippen LogP contribution in [0.25, 0.3) is 22.3 Å². The van der Waals surface area contributed by atoms with E-state index in [2.05, 4.69) is 9.97 Å². The van der Waals surface area contributed by atoms with Gasteiger partial charge in [-0.2, -0.15) is 0 Å². The summed E-state index contributed by atoms with van der Waals surface area (Å²) in [5.74, 6) is -0.719. The van der Waals surface area contributed by atoms with Crippen LogP contribution in [0.3, 0.4) is 0 Å². The van der Waals surface area contributed by atoms with E-state index in [1.54, 1.807) is 12.4 Å². The maximum atomic E-state index is 12.0. The molecule has 0 aliphatic heterocycles. The topological polar surface area (TPSA) is 68.9 Å². The van der Waals surface area contributed by atoms with Crippen molar-refractivity contribution < 1.29 is 4.79 Å². The maximum Gasteiger partial charge on any atom is 0.229 e. The molecule has 2 aromatic carbocycles. The van der Waals surface area contributed by atoms with Gasteiger partial charge in [0.25, 0.3) is 0 Å². The number of amides is 1. The molecule has 0 radical (unpaired) electrons. The Morgan fingerprint density at radius 3 is 2.36 bits per heavy atom. The van der Waals surface area contributed by atoms with Crippen molar-refractivity contribution >= 4 is 5.91 Å². The predicted octanol–water partition coefficient (Wildman–Crippen LogP) is 2.74. The number of nitrogens with zero attached hydrogens (tertiary/aromatic N) is 2. The monoisotopic (exact) mass is 287 g/mol. The molecule has 0 bridgehead atoms. The predicted molar refractivity (Wildman–Crippen MR) is 83.9 cm³/mol. The fourth-order valence-electron chi connectivity index (χ4n) is 3.24. The lowest BCUT2D eigenvalue weighted by Gasteiger charge is -2.10. The van der Waals surface area contributed by atoms with Crippen molar-refractivity contribution in [3.63, 3.8) is 0 Å². The van der Waals surface area contributed by atoms with Gasteiger partial charge in [-0.25, -0.2) is 9.97 Å². The van der Waals surface area contributed by atoms with Crippen molar-refractivity contribution in [1.82, 2.24) is 9.97 Å². The second kappa shape index (κ2) is 4.77. The molecule has 3 aromatic rings. The summed E-state index contributed by atoms with van der Waals surface area (Å²) in [5.41, 5.74) is 11.6. The molecule has 4 heteroatoms. The van der Waals surface area contributed by atoms with E-state index in [-0.39, 0.29) is 5.91 Å². The summed E-state index contributed by atoms with van der Waals surface area (Å²) < 4.78 is 0. The van der Waals surface area contributed by atoms with Crippen LogP contribution >= 0.6 is 0 Å². The van der Waals surface area contributed by atoms with Gasteiger partial charge in [-0.05, 0) is 27.8 Å². The Kier molecular flexibility index (Phi) is 2.76. The van der Waals surface area contributed by atoms with E-state index >= 15 is 0 Å². The van der Waals surface area contributed by atoms with Gasteiger partial charge in [0.05, 0.1) is 5.92 Å². The highest BCUT2D eigenvalue weighted by Gasteiger charge is 2.33. The molecule has 1 heterocycles. The zero-order chi connectivity index (χ0) is 15.1. The number of carbonyl (C=O) groups excluding carboxylic acids is 1. The second-order valence-electron chi connectivity index (χ2n) is 5.32. The molecule has 1 unspecified atom stereocenters. The lowest BCUT2D eigenvalue weighted by atomic mass is 9.93. The fourth-order valence-corrected chi connectivity index (χ4v) is 3.24. The van der Waals surface area contributed by atoms with Crippen LogP contribution < -0.4 is 5.73 Å². The number of fused-ring (bicyclic) bond motifs is 3. The van der Waals surface area contributed by atoms with Gasteiger partial charge in [0.2, 0.25) is 5.91 Å². The van der Waals surface area contributed by atoms with Gasteiger partial charge in [0.1, 0.15) is 6.33 Å². The lowest BCUT2D eigenvalue weighted by Crippen LogP contribution is -2.20. The Morgan fingerprint density at radius 2 is 1.59 bits per heavy atom. The minimum atomic E-state index is -0.393. The zero-order valence-electron chi connectivity index (χ0n) is 11.7. The Balaban J connectivity index is 2.05. The molecular formula is C18H13N3O. The Hall–Kier alpha value is -3.01. The Morgan fingerprint density at radius 1 is 0.909 bits per heavy atom. The van der Waals surface area contributed by atoms with Gasteiger partial charge >= 0.3 is 0 Å². The average molecular weight is 287 g/mol. The number of aromatic nitrogens is 2. The number of hydrogen-bond acceptors (Lipinski definition) is 3. The first-order chi connectivity index (χ1) is 10.8. The number of carbonyl (C=O) groups is 1. The summed E-state index contributed by atoms with van der Waals surface area (Å²) >= 11 is 0. The van der Waals surface area contributed by atoms with E-state index in [4.69, 9.17) is 5.73 Å². The van der Waals surface area contributed by atoms with Gasteiger partial charge in [-0.3, -0.25) is 4.79 Å². The van der Waals surface area contributed by atoms with Crippen LogP contribution in [-0.4, -0.2) is 15.9 Å². The van der Waals surface area contributed by atoms with Gasteiger partial charge in [-0.15, -0.1) is 0 Å². The van der Waals surface area contributed by atoms with Crippen molar-refractivity contribution in [2.75, 3.05) is 0 Å². The van der Waals surface area contributed by atoms with Gasteiger partial charge in [0, 0.05) is 18.0 Å². The quantitative estimate of drug-likeness (QED) is 0.788. The number of benzene rings is 2. The minimum Gasteiger partial charge on any atom is -0.369 e. The molecule has 22 heavy (non-hydrogen) atoms. The molecule has 1 atom stereocenters. The molecule has 0 saturated carbocycles.